The number of ether oxygens (including phenoxy) is 2. The van der Waals surface area contributed by atoms with Crippen molar-refractivity contribution in [2.75, 3.05) is 7.11 Å². The lowest BCUT2D eigenvalue weighted by Crippen LogP contribution is -2.47. The van der Waals surface area contributed by atoms with Crippen molar-refractivity contribution < 1.29 is 28.8 Å². The Kier molecular flexibility index (Phi) is 4.38. The van der Waals surface area contributed by atoms with Gasteiger partial charge >= 0.3 is 11.9 Å². The lowest BCUT2D eigenvalue weighted by atomic mass is 10.1. The van der Waals surface area contributed by atoms with E-state index in [0.29, 0.717) is 0 Å². The second-order valence-corrected chi connectivity index (χ2v) is 3.23. The number of carbonyl (C=O) groups excluding carboxylic acids is 1. The van der Waals surface area contributed by atoms with E-state index in [2.05, 4.69) is 9.47 Å². The van der Waals surface area contributed by atoms with Gasteiger partial charge in [0.15, 0.2) is 0 Å². The fraction of sp³-hybridized carbons (Fsp3) is 0.889. The third-order valence-corrected chi connectivity index (χ3v) is 1.70. The summed E-state index contributed by atoms with van der Waals surface area (Å²) in [5.74, 6) is -5.70. The van der Waals surface area contributed by atoms with Gasteiger partial charge in [0, 0.05) is 0 Å². The zero-order valence-corrected chi connectivity index (χ0v) is 9.01. The molecule has 0 heterocycles. The van der Waals surface area contributed by atoms with E-state index >= 15 is 0 Å². The summed E-state index contributed by atoms with van der Waals surface area (Å²) >= 11 is 0. The molecule has 90 valence electrons. The van der Waals surface area contributed by atoms with Crippen molar-refractivity contribution in [1.29, 1.82) is 0 Å². The number of halogens is 3. The molecule has 0 aromatic heterocycles. The van der Waals surface area contributed by atoms with Gasteiger partial charge in [-0.05, 0) is 20.8 Å². The highest BCUT2D eigenvalue weighted by Gasteiger charge is 2.51. The molecule has 0 aliphatic carbocycles. The summed E-state index contributed by atoms with van der Waals surface area (Å²) in [7, 11) is 0.810. The van der Waals surface area contributed by atoms with Crippen molar-refractivity contribution in [1.82, 2.24) is 0 Å². The summed E-state index contributed by atoms with van der Waals surface area (Å²) in [6.07, 6.45) is -6.61. The lowest BCUT2D eigenvalue weighted by Gasteiger charge is -2.26. The molecule has 0 saturated carbocycles. The molecule has 0 aliphatic heterocycles. The van der Waals surface area contributed by atoms with Crippen molar-refractivity contribution in [3.05, 3.63) is 0 Å². The van der Waals surface area contributed by atoms with Gasteiger partial charge in [-0.25, -0.2) is 9.18 Å². The molecule has 2 unspecified atom stereocenters. The highest BCUT2D eigenvalue weighted by atomic mass is 19.3. The van der Waals surface area contributed by atoms with Crippen LogP contribution in [0.3, 0.4) is 0 Å². The summed E-state index contributed by atoms with van der Waals surface area (Å²) in [6, 6.07) is 0. The van der Waals surface area contributed by atoms with Crippen LogP contribution < -0.4 is 0 Å². The molecule has 6 heteroatoms. The van der Waals surface area contributed by atoms with E-state index in [1.54, 1.807) is 0 Å². The normalized spacial score (nSPS) is 17.9. The van der Waals surface area contributed by atoms with Crippen molar-refractivity contribution in [2.24, 2.45) is 0 Å². The highest BCUT2D eigenvalue weighted by Crippen LogP contribution is 2.29. The minimum atomic E-state index is -4.04. The Bertz CT molecular complexity index is 253. The van der Waals surface area contributed by atoms with Gasteiger partial charge in [0.1, 0.15) is 6.10 Å². The molecule has 0 N–H and O–H groups in total. The average Bonchev–Trinajstić information content (AvgIpc) is 2.12. The summed E-state index contributed by atoms with van der Waals surface area (Å²) in [5.41, 5.74) is 0. The first-order valence-electron chi connectivity index (χ1n) is 4.80. The minimum absolute atomic E-state index is 0.810. The van der Waals surface area contributed by atoms with Gasteiger partial charge in [-0.15, -0.1) is 0 Å². The number of methoxy groups -OCH3 is 1. The number of hydrogen-bond acceptors (Lipinski definition) is 3. The van der Waals surface area contributed by atoms with Crippen molar-refractivity contribution in [3.8, 4) is 0 Å². The van der Waals surface area contributed by atoms with Gasteiger partial charge in [-0.2, -0.15) is 8.78 Å². The van der Waals surface area contributed by atoms with Gasteiger partial charge < -0.3 is 9.47 Å². The van der Waals surface area contributed by atoms with Crippen LogP contribution in [0.4, 0.5) is 13.2 Å². The molecule has 3 nitrogen and oxygen atoms in total. The molecule has 15 heavy (non-hydrogen) atoms. The van der Waals surface area contributed by atoms with Gasteiger partial charge in [0.25, 0.3) is 6.17 Å². The van der Waals surface area contributed by atoms with Crippen LogP contribution in [0.2, 0.25) is 0 Å². The quantitative estimate of drug-likeness (QED) is 0.676. The number of hydrogen-bond donors (Lipinski definition) is 0. The molecule has 0 radical (unpaired) electrons. The molecule has 0 aromatic carbocycles. The maximum Gasteiger partial charge on any atom is 0.347 e. The Hall–Kier alpha value is -0.780. The average molecular weight is 229 g/mol. The second-order valence-electron chi connectivity index (χ2n) is 3.23. The predicted octanol–water partition coefficient (Wildman–Crippen LogP) is 1.95. The SMILES string of the molecule is [2H]C(C)(C)OC(C)C(F)(F)C(F)C(=O)OC. The van der Waals surface area contributed by atoms with E-state index in [1.807, 2.05) is 0 Å². The third-order valence-electron chi connectivity index (χ3n) is 1.70. The Balaban J connectivity index is 4.70. The number of carbonyl (C=O) groups is 1. The van der Waals surface area contributed by atoms with Crippen LogP contribution in [0.5, 0.6) is 0 Å². The summed E-state index contributed by atoms with van der Waals surface area (Å²) < 4.78 is 55.3. The predicted molar refractivity (Wildman–Crippen MR) is 47.5 cm³/mol. The van der Waals surface area contributed by atoms with Gasteiger partial charge in [-0.3, -0.25) is 0 Å². The van der Waals surface area contributed by atoms with E-state index in [-0.39, 0.29) is 0 Å². The van der Waals surface area contributed by atoms with Crippen LogP contribution in [0.15, 0.2) is 0 Å². The number of alkyl halides is 3. The van der Waals surface area contributed by atoms with Crippen molar-refractivity contribution in [2.45, 2.75) is 45.0 Å². The summed E-state index contributed by atoms with van der Waals surface area (Å²) in [5, 5.41) is 0. The van der Waals surface area contributed by atoms with Crippen LogP contribution in [0.25, 0.3) is 0 Å². The third kappa shape index (κ3) is 3.70. The van der Waals surface area contributed by atoms with Gasteiger partial charge in [-0.1, -0.05) is 0 Å². The smallest absolute Gasteiger partial charge is 0.347 e. The molecule has 0 spiro atoms. The fourth-order valence-corrected chi connectivity index (χ4v) is 0.899. The largest absolute Gasteiger partial charge is 0.467 e. The first kappa shape index (κ1) is 12.3. The minimum Gasteiger partial charge on any atom is -0.467 e. The van der Waals surface area contributed by atoms with Gasteiger partial charge in [0.05, 0.1) is 14.6 Å². The van der Waals surface area contributed by atoms with Crippen LogP contribution in [0.1, 0.15) is 22.1 Å². The Labute approximate surface area is 87.9 Å². The Morgan fingerprint density at radius 1 is 1.40 bits per heavy atom. The van der Waals surface area contributed by atoms with E-state index in [0.717, 1.165) is 14.0 Å². The molecule has 0 saturated heterocycles. The van der Waals surface area contributed by atoms with E-state index in [4.69, 9.17) is 1.37 Å². The van der Waals surface area contributed by atoms with Crippen LogP contribution in [-0.2, 0) is 14.3 Å². The van der Waals surface area contributed by atoms with Crippen LogP contribution >= 0.6 is 0 Å². The van der Waals surface area contributed by atoms with E-state index < -0.39 is 30.2 Å². The second kappa shape index (κ2) is 5.34. The standard InChI is InChI=1S/C9H15F3O3/c1-5(2)15-6(3)9(11,12)7(10)8(13)14-4/h5-7H,1-4H3/i5D. The number of rotatable bonds is 5. The topological polar surface area (TPSA) is 35.5 Å². The monoisotopic (exact) mass is 229 g/mol. The molecule has 0 aromatic rings. The molecule has 0 fully saturated rings. The molecule has 0 aliphatic rings. The van der Waals surface area contributed by atoms with Gasteiger partial charge in [0.2, 0.25) is 0 Å². The zero-order valence-electron chi connectivity index (χ0n) is 10.0. The molecule has 0 amide bonds. The molecular formula is C9H15F3O3. The summed E-state index contributed by atoms with van der Waals surface area (Å²) in [6.45, 7) is 3.35. The van der Waals surface area contributed by atoms with Crippen molar-refractivity contribution in [3.63, 3.8) is 0 Å². The maximum atomic E-state index is 13.3. The Morgan fingerprint density at radius 2 is 1.87 bits per heavy atom. The highest BCUT2D eigenvalue weighted by molar-refractivity contribution is 5.75. The van der Waals surface area contributed by atoms with Crippen molar-refractivity contribution >= 4 is 5.97 Å². The first-order valence-corrected chi connectivity index (χ1v) is 4.30. The fourth-order valence-electron chi connectivity index (χ4n) is 0.899. The first-order chi connectivity index (χ1) is 7.02. The molecule has 0 rings (SSSR count). The van der Waals surface area contributed by atoms with Crippen LogP contribution in [0, 0.1) is 0 Å². The maximum absolute atomic E-state index is 13.3. The van der Waals surface area contributed by atoms with Crippen LogP contribution in [-0.4, -0.2) is 37.4 Å². The molecular weight excluding hydrogens is 213 g/mol. The zero-order chi connectivity index (χ0) is 13.1. The Morgan fingerprint density at radius 3 is 2.20 bits per heavy atom. The molecule has 2 atom stereocenters. The van der Waals surface area contributed by atoms with E-state index in [9.17, 15) is 18.0 Å². The molecule has 0 bridgehead atoms. The number of esters is 1. The van der Waals surface area contributed by atoms with E-state index in [1.165, 1.54) is 13.8 Å². The summed E-state index contributed by atoms with van der Waals surface area (Å²) in [4.78, 5) is 10.6. The lowest BCUT2D eigenvalue weighted by molar-refractivity contribution is -0.196.